The number of hydrogen-bond donors (Lipinski definition) is 0. The second kappa shape index (κ2) is 32.0. The summed E-state index contributed by atoms with van der Waals surface area (Å²) in [5.41, 5.74) is 2.08. The minimum atomic E-state index is -1.32. The number of para-hydroxylation sites is 2. The fourth-order valence-corrected chi connectivity index (χ4v) is 12.7. The average molecular weight is 1150 g/mol. The molecular formula is C70H70ClF2N3O6S. The predicted octanol–water partition coefficient (Wildman–Crippen LogP) is 15.4. The molecule has 6 aromatic rings. The first-order chi connectivity index (χ1) is 40.3. The maximum Gasteiger partial charge on any atom is 0.303 e. The molecule has 3 aliphatic carbocycles. The van der Waals surface area contributed by atoms with Crippen molar-refractivity contribution in [1.82, 2.24) is 4.90 Å². The normalized spacial score (nSPS) is 15.4. The van der Waals surface area contributed by atoms with E-state index in [1.807, 2.05) is 102 Å². The highest BCUT2D eigenvalue weighted by molar-refractivity contribution is 7.10. The molecule has 9 nitrogen and oxygen atoms in total. The number of halogens is 3. The summed E-state index contributed by atoms with van der Waals surface area (Å²) in [6.45, 7) is 0.193. The van der Waals surface area contributed by atoms with Gasteiger partial charge >= 0.3 is 11.8 Å². The van der Waals surface area contributed by atoms with Crippen LogP contribution in [-0.2, 0) is 35.3 Å². The maximum atomic E-state index is 14.7. The number of hydrogen-bond acceptors (Lipinski definition) is 7. The number of anilines is 2. The number of carbonyl (C=O) groups excluding carboxylic acids is 6. The Morgan fingerprint density at radius 1 is 0.494 bits per heavy atom. The van der Waals surface area contributed by atoms with E-state index in [4.69, 9.17) is 30.9 Å². The molecule has 0 aliphatic heterocycles. The molecule has 3 unspecified atom stereocenters. The number of carbonyl (C=O) groups is 6. The monoisotopic (exact) mass is 1150 g/mol. The van der Waals surface area contributed by atoms with E-state index in [1.165, 1.54) is 89.6 Å². The highest BCUT2D eigenvalue weighted by atomic mass is 35.5. The van der Waals surface area contributed by atoms with Gasteiger partial charge in [0.25, 0.3) is 5.91 Å². The number of rotatable bonds is 19. The molecule has 0 bridgehead atoms. The lowest BCUT2D eigenvalue weighted by Gasteiger charge is -2.32. The molecule has 1 heterocycles. The van der Waals surface area contributed by atoms with Crippen LogP contribution in [0.5, 0.6) is 0 Å². The van der Waals surface area contributed by atoms with Gasteiger partial charge < -0.3 is 4.90 Å². The van der Waals surface area contributed by atoms with E-state index >= 15 is 0 Å². The van der Waals surface area contributed by atoms with Crippen LogP contribution in [0.15, 0.2) is 151 Å². The fourth-order valence-electron chi connectivity index (χ4n) is 11.7. The van der Waals surface area contributed by atoms with Crippen molar-refractivity contribution >= 4 is 69.4 Å². The molecule has 1 aromatic heterocycles. The highest BCUT2D eigenvalue weighted by Crippen LogP contribution is 2.38. The molecule has 0 N–H and O–H groups in total. The van der Waals surface area contributed by atoms with Gasteiger partial charge in [0, 0.05) is 47.0 Å². The van der Waals surface area contributed by atoms with Crippen molar-refractivity contribution in [1.29, 1.82) is 0 Å². The van der Waals surface area contributed by atoms with Gasteiger partial charge in [0.2, 0.25) is 0 Å². The van der Waals surface area contributed by atoms with E-state index in [1.54, 1.807) is 18.2 Å². The molecule has 428 valence electrons. The smallest absolute Gasteiger partial charge is 0.303 e. The Hall–Kier alpha value is -7.95. The standard InChI is InChI=1S/C24H24ClNO2.C24H23F2NO2.C22H23NO2S/c1-2-23(28)26(17-20-14-8-9-15-21(20)25)24(19-12-4-3-5-13-19)22(27)16-18-10-6-7-11-18;1-2-23(29)27(21-15-9-8-14-20(21)26)24(18-12-6-7-13-19(18)25)22(28)16-17-10-4-3-5-11-17;1-2-21(25)23(18-12-7-4-8-13-18)22(20-14-9-15-26-20)19(24)16-17-10-5-3-6-11-17/h1,3-5,8-9,12-15,18,24H,6-7,10-11,16-17H2;1,6-9,12-15,17,24H,3-5,10-11,16H2;1,4,7-9,12-15,17,22H,3,5-6,10-11,16H2. The number of Topliss-reactive ketones (excluding diaryl/α,β-unsaturated/α-hetero) is 3. The fraction of sp³-hybridized carbons (Fsp3) is 0.343. The summed E-state index contributed by atoms with van der Waals surface area (Å²) in [4.78, 5) is 82.6. The van der Waals surface area contributed by atoms with E-state index in [2.05, 4.69) is 11.8 Å². The summed E-state index contributed by atoms with van der Waals surface area (Å²) >= 11 is 7.80. The lowest BCUT2D eigenvalue weighted by atomic mass is 9.83. The van der Waals surface area contributed by atoms with Gasteiger partial charge in [-0.2, -0.15) is 0 Å². The van der Waals surface area contributed by atoms with Crippen molar-refractivity contribution in [2.75, 3.05) is 9.80 Å². The Morgan fingerprint density at radius 2 is 0.952 bits per heavy atom. The lowest BCUT2D eigenvalue weighted by molar-refractivity contribution is -0.136. The number of benzene rings is 5. The number of nitrogens with zero attached hydrogens (tertiary/aromatic N) is 3. The van der Waals surface area contributed by atoms with Gasteiger partial charge in [-0.3, -0.25) is 38.6 Å². The van der Waals surface area contributed by atoms with E-state index < -0.39 is 47.5 Å². The van der Waals surface area contributed by atoms with Crippen LogP contribution in [0.3, 0.4) is 0 Å². The average Bonchev–Trinajstić information content (AvgIpc) is 4.44. The molecule has 3 atom stereocenters. The summed E-state index contributed by atoms with van der Waals surface area (Å²) in [7, 11) is 0. The van der Waals surface area contributed by atoms with Gasteiger partial charge in [0.05, 0.1) is 5.69 Å². The van der Waals surface area contributed by atoms with Crippen LogP contribution in [0.25, 0.3) is 0 Å². The van der Waals surface area contributed by atoms with Crippen molar-refractivity contribution in [3.63, 3.8) is 0 Å². The van der Waals surface area contributed by atoms with Gasteiger partial charge in [-0.15, -0.1) is 30.6 Å². The molecule has 3 amide bonds. The van der Waals surface area contributed by atoms with Crippen molar-refractivity contribution in [3.8, 4) is 37.0 Å². The van der Waals surface area contributed by atoms with Crippen molar-refractivity contribution in [2.45, 2.75) is 134 Å². The van der Waals surface area contributed by atoms with Gasteiger partial charge in [-0.25, -0.2) is 8.78 Å². The van der Waals surface area contributed by atoms with E-state index in [0.717, 1.165) is 78.7 Å². The van der Waals surface area contributed by atoms with Crippen LogP contribution in [0.4, 0.5) is 20.2 Å². The second-order valence-electron chi connectivity index (χ2n) is 21.4. The first kappa shape index (κ1) is 62.6. The van der Waals surface area contributed by atoms with Gasteiger partial charge in [-0.1, -0.05) is 205 Å². The third-order valence-corrected chi connectivity index (χ3v) is 17.1. The zero-order chi connectivity index (χ0) is 59.1. The molecular weight excluding hydrogens is 1080 g/mol. The topological polar surface area (TPSA) is 112 Å². The molecule has 3 aliphatic rings. The van der Waals surface area contributed by atoms with Gasteiger partial charge in [-0.05, 0) is 94.5 Å². The third kappa shape index (κ3) is 17.3. The largest absolute Gasteiger partial charge is 0.313 e. The molecule has 3 saturated carbocycles. The van der Waals surface area contributed by atoms with Crippen LogP contribution >= 0.6 is 22.9 Å². The predicted molar refractivity (Wildman–Crippen MR) is 326 cm³/mol. The molecule has 0 spiro atoms. The molecule has 0 saturated heterocycles. The number of thiophene rings is 1. The summed E-state index contributed by atoms with van der Waals surface area (Å²) in [6.07, 6.45) is 32.7. The molecule has 3 fully saturated rings. The Labute approximate surface area is 496 Å². The van der Waals surface area contributed by atoms with Gasteiger partial charge in [0.15, 0.2) is 17.3 Å². The number of ketones is 3. The first-order valence-electron chi connectivity index (χ1n) is 28.6. The second-order valence-corrected chi connectivity index (χ2v) is 22.8. The van der Waals surface area contributed by atoms with Crippen LogP contribution in [0.1, 0.15) is 149 Å². The van der Waals surface area contributed by atoms with Crippen molar-refractivity contribution < 1.29 is 37.5 Å². The molecule has 9 rings (SSSR count). The molecule has 13 heteroatoms. The molecule has 83 heavy (non-hydrogen) atoms. The zero-order valence-electron chi connectivity index (χ0n) is 46.7. The Morgan fingerprint density at radius 3 is 1.47 bits per heavy atom. The number of amides is 3. The van der Waals surface area contributed by atoms with E-state index in [9.17, 15) is 37.5 Å². The first-order valence-corrected chi connectivity index (χ1v) is 29.9. The lowest BCUT2D eigenvalue weighted by Crippen LogP contribution is -2.40. The minimum absolute atomic E-state index is 0.0140. The molecule has 0 radical (unpaired) electrons. The number of terminal acetylenes is 3. The van der Waals surface area contributed by atoms with E-state index in [-0.39, 0.29) is 47.5 Å². The zero-order valence-corrected chi connectivity index (χ0v) is 48.3. The quantitative estimate of drug-likeness (QED) is 0.0747. The maximum absolute atomic E-state index is 14.7. The van der Waals surface area contributed by atoms with Gasteiger partial charge in [0.1, 0.15) is 29.8 Å². The Balaban J connectivity index is 0.000000179. The van der Waals surface area contributed by atoms with Crippen molar-refractivity contribution in [3.05, 3.63) is 189 Å². The highest BCUT2D eigenvalue weighted by Gasteiger charge is 2.38. The van der Waals surface area contributed by atoms with Crippen LogP contribution in [0, 0.1) is 66.4 Å². The van der Waals surface area contributed by atoms with Crippen LogP contribution in [0.2, 0.25) is 5.02 Å². The van der Waals surface area contributed by atoms with E-state index in [0.29, 0.717) is 35.4 Å². The Kier molecular flexibility index (Phi) is 24.2. The van der Waals surface area contributed by atoms with Crippen molar-refractivity contribution in [2.24, 2.45) is 17.8 Å². The third-order valence-electron chi connectivity index (χ3n) is 15.8. The Bertz CT molecular complexity index is 3260. The summed E-state index contributed by atoms with van der Waals surface area (Å²) in [5.74, 6) is 3.90. The summed E-state index contributed by atoms with van der Waals surface area (Å²) in [5, 5.41) is 2.48. The molecule has 5 aromatic carbocycles. The summed E-state index contributed by atoms with van der Waals surface area (Å²) in [6, 6.07) is 38.4. The van der Waals surface area contributed by atoms with Crippen LogP contribution < -0.4 is 9.80 Å². The minimum Gasteiger partial charge on any atom is -0.313 e. The van der Waals surface area contributed by atoms with Crippen LogP contribution in [-0.4, -0.2) is 40.0 Å². The summed E-state index contributed by atoms with van der Waals surface area (Å²) < 4.78 is 29.3. The SMILES string of the molecule is C#CC(=O)N(Cc1ccccc1Cl)C(C(=O)CC1CCCC1)c1ccccc1.C#CC(=O)N(c1ccccc1)C(C(=O)CC1CCCCC1)c1cccs1.C#CC(=O)N(c1ccccc1F)C(C(=O)CC1CCCCC1)c1ccccc1F.